The Kier molecular flexibility index (Phi) is 5.40. The molecule has 18 heavy (non-hydrogen) atoms. The van der Waals surface area contributed by atoms with Crippen LogP contribution in [-0.2, 0) is 17.6 Å². The molecule has 0 aromatic heterocycles. The van der Waals surface area contributed by atoms with Crippen LogP contribution in [0, 0.1) is 0 Å². The minimum absolute atomic E-state index is 0.632. The van der Waals surface area contributed by atoms with E-state index in [0.717, 1.165) is 19.1 Å². The van der Waals surface area contributed by atoms with Crippen LogP contribution in [0.2, 0.25) is 0 Å². The molecular weight excluding hydrogens is 222 g/mol. The summed E-state index contributed by atoms with van der Waals surface area (Å²) in [6.45, 7) is 3.74. The number of aryl methyl sites for hydroxylation is 1. The molecule has 0 unspecified atom stereocenters. The average Bonchev–Trinajstić information content (AvgIpc) is 2.45. The maximum Gasteiger partial charge on any atom is 0.120 e. The number of piperidine rings is 1. The summed E-state index contributed by atoms with van der Waals surface area (Å²) in [4.78, 5) is 12.9. The molecule has 2 rings (SSSR count). The van der Waals surface area contributed by atoms with Crippen molar-refractivity contribution >= 4 is 6.29 Å². The number of likely N-dealkylation sites (tertiary alicyclic amines) is 1. The third-order valence-electron chi connectivity index (χ3n) is 3.74. The highest BCUT2D eigenvalue weighted by molar-refractivity contribution is 5.50. The summed E-state index contributed by atoms with van der Waals surface area (Å²) in [5.41, 5.74) is 2.68. The van der Waals surface area contributed by atoms with Crippen molar-refractivity contribution in [2.75, 3.05) is 19.6 Å². The second kappa shape index (κ2) is 7.32. The first-order chi connectivity index (χ1) is 8.88. The second-order valence-corrected chi connectivity index (χ2v) is 5.17. The lowest BCUT2D eigenvalue weighted by Crippen LogP contribution is -2.31. The van der Waals surface area contributed by atoms with Gasteiger partial charge in [0.25, 0.3) is 0 Å². The van der Waals surface area contributed by atoms with Crippen molar-refractivity contribution in [1.82, 2.24) is 4.90 Å². The van der Waals surface area contributed by atoms with Gasteiger partial charge in [-0.05, 0) is 49.9 Å². The molecule has 1 heterocycles. The van der Waals surface area contributed by atoms with Crippen molar-refractivity contribution in [3.05, 3.63) is 35.4 Å². The fourth-order valence-electron chi connectivity index (χ4n) is 2.57. The van der Waals surface area contributed by atoms with Crippen LogP contribution in [0.4, 0.5) is 0 Å². The maximum atomic E-state index is 10.3. The van der Waals surface area contributed by atoms with E-state index in [9.17, 15) is 4.79 Å². The van der Waals surface area contributed by atoms with Gasteiger partial charge >= 0.3 is 0 Å². The van der Waals surface area contributed by atoms with Crippen LogP contribution in [0.15, 0.2) is 24.3 Å². The maximum absolute atomic E-state index is 10.3. The predicted octanol–water partition coefficient (Wildman–Crippen LogP) is 2.85. The van der Waals surface area contributed by atoms with Crippen LogP contribution in [0.3, 0.4) is 0 Å². The Morgan fingerprint density at radius 3 is 2.17 bits per heavy atom. The van der Waals surface area contributed by atoms with Gasteiger partial charge in [-0.1, -0.05) is 30.7 Å². The van der Waals surface area contributed by atoms with Crippen LogP contribution in [0.1, 0.15) is 36.8 Å². The lowest BCUT2D eigenvalue weighted by molar-refractivity contribution is -0.107. The molecule has 2 nitrogen and oxygen atoms in total. The van der Waals surface area contributed by atoms with Crippen LogP contribution in [0.5, 0.6) is 0 Å². The lowest BCUT2D eigenvalue weighted by Gasteiger charge is -2.26. The van der Waals surface area contributed by atoms with Gasteiger partial charge < -0.3 is 9.69 Å². The molecule has 1 aromatic rings. The van der Waals surface area contributed by atoms with Gasteiger partial charge in [0.1, 0.15) is 6.29 Å². The van der Waals surface area contributed by atoms with E-state index >= 15 is 0 Å². The first-order valence-corrected chi connectivity index (χ1v) is 7.12. The average molecular weight is 245 g/mol. The Morgan fingerprint density at radius 1 is 0.944 bits per heavy atom. The van der Waals surface area contributed by atoms with Crippen molar-refractivity contribution in [2.45, 2.75) is 38.5 Å². The van der Waals surface area contributed by atoms with Gasteiger partial charge in [-0.25, -0.2) is 0 Å². The predicted molar refractivity (Wildman–Crippen MR) is 74.8 cm³/mol. The van der Waals surface area contributed by atoms with E-state index in [4.69, 9.17) is 0 Å². The van der Waals surface area contributed by atoms with Crippen LogP contribution < -0.4 is 0 Å². The molecule has 0 N–H and O–H groups in total. The number of benzene rings is 1. The van der Waals surface area contributed by atoms with Crippen molar-refractivity contribution < 1.29 is 4.79 Å². The molecule has 0 radical (unpaired) electrons. The van der Waals surface area contributed by atoms with Gasteiger partial charge in [0, 0.05) is 13.0 Å². The smallest absolute Gasteiger partial charge is 0.120 e. The summed E-state index contributed by atoms with van der Waals surface area (Å²) >= 11 is 0. The van der Waals surface area contributed by atoms with Gasteiger partial charge in [-0.3, -0.25) is 0 Å². The fourth-order valence-corrected chi connectivity index (χ4v) is 2.57. The summed E-state index contributed by atoms with van der Waals surface area (Å²) < 4.78 is 0. The molecule has 0 spiro atoms. The fraction of sp³-hybridized carbons (Fsp3) is 0.562. The minimum atomic E-state index is 0.632. The summed E-state index contributed by atoms with van der Waals surface area (Å²) in [5, 5.41) is 0. The van der Waals surface area contributed by atoms with Crippen LogP contribution >= 0.6 is 0 Å². The first-order valence-electron chi connectivity index (χ1n) is 7.12. The zero-order chi connectivity index (χ0) is 12.6. The molecule has 0 saturated carbocycles. The lowest BCUT2D eigenvalue weighted by atomic mass is 10.0. The van der Waals surface area contributed by atoms with E-state index < -0.39 is 0 Å². The molecule has 1 aromatic carbocycles. The second-order valence-electron chi connectivity index (χ2n) is 5.17. The highest BCUT2D eigenvalue weighted by Gasteiger charge is 2.09. The summed E-state index contributed by atoms with van der Waals surface area (Å²) in [6.07, 6.45) is 7.78. The molecule has 0 aliphatic carbocycles. The zero-order valence-corrected chi connectivity index (χ0v) is 11.1. The van der Waals surface area contributed by atoms with Gasteiger partial charge in [0.15, 0.2) is 0 Å². The van der Waals surface area contributed by atoms with Gasteiger partial charge in [-0.2, -0.15) is 0 Å². The van der Waals surface area contributed by atoms with Gasteiger partial charge in [0.05, 0.1) is 0 Å². The van der Waals surface area contributed by atoms with E-state index in [2.05, 4.69) is 29.2 Å². The molecule has 98 valence electrons. The summed E-state index contributed by atoms with van der Waals surface area (Å²) in [7, 11) is 0. The van der Waals surface area contributed by atoms with E-state index in [1.807, 2.05) is 0 Å². The molecule has 1 aliphatic rings. The highest BCUT2D eigenvalue weighted by Crippen LogP contribution is 2.11. The molecule has 0 amide bonds. The zero-order valence-electron chi connectivity index (χ0n) is 11.1. The SMILES string of the molecule is O=CCCc1ccc(CCN2CCCCC2)cc1. The van der Waals surface area contributed by atoms with Crippen molar-refractivity contribution in [3.8, 4) is 0 Å². The summed E-state index contributed by atoms with van der Waals surface area (Å²) in [6, 6.07) is 8.75. The molecule has 0 bridgehead atoms. The number of carbonyl (C=O) groups is 1. The first kappa shape index (κ1) is 13.3. The highest BCUT2D eigenvalue weighted by atomic mass is 16.1. The molecule has 1 fully saturated rings. The molecule has 1 saturated heterocycles. The largest absolute Gasteiger partial charge is 0.303 e. The number of nitrogens with zero attached hydrogens (tertiary/aromatic N) is 1. The topological polar surface area (TPSA) is 20.3 Å². The van der Waals surface area contributed by atoms with Crippen LogP contribution in [-0.4, -0.2) is 30.8 Å². The van der Waals surface area contributed by atoms with E-state index in [-0.39, 0.29) is 0 Å². The van der Waals surface area contributed by atoms with Gasteiger partial charge in [0.2, 0.25) is 0 Å². The molecule has 0 atom stereocenters. The van der Waals surface area contributed by atoms with Crippen LogP contribution in [0.25, 0.3) is 0 Å². The van der Waals surface area contributed by atoms with E-state index in [1.165, 1.54) is 50.0 Å². The minimum Gasteiger partial charge on any atom is -0.303 e. The molecular formula is C16H23NO. The molecule has 1 aliphatic heterocycles. The quantitative estimate of drug-likeness (QED) is 0.718. The van der Waals surface area contributed by atoms with Crippen molar-refractivity contribution in [3.63, 3.8) is 0 Å². The monoisotopic (exact) mass is 245 g/mol. The van der Waals surface area contributed by atoms with Crippen molar-refractivity contribution in [2.24, 2.45) is 0 Å². The van der Waals surface area contributed by atoms with Crippen molar-refractivity contribution in [1.29, 1.82) is 0 Å². The van der Waals surface area contributed by atoms with E-state index in [0.29, 0.717) is 6.42 Å². The normalized spacial score (nSPS) is 16.7. The standard InChI is InChI=1S/C16H23NO/c18-14-4-5-15-6-8-16(9-7-15)10-13-17-11-2-1-3-12-17/h6-9,14H,1-5,10-13H2. The number of rotatable bonds is 6. The Labute approximate surface area is 110 Å². The Morgan fingerprint density at radius 2 is 1.56 bits per heavy atom. The third kappa shape index (κ3) is 4.26. The Bertz CT molecular complexity index is 352. The van der Waals surface area contributed by atoms with E-state index in [1.54, 1.807) is 0 Å². The number of aldehydes is 1. The number of hydrogen-bond donors (Lipinski definition) is 0. The van der Waals surface area contributed by atoms with Gasteiger partial charge in [-0.15, -0.1) is 0 Å². The summed E-state index contributed by atoms with van der Waals surface area (Å²) in [5.74, 6) is 0. The Hall–Kier alpha value is -1.15. The molecule has 2 heteroatoms. The number of hydrogen-bond acceptors (Lipinski definition) is 2. The number of carbonyl (C=O) groups excluding carboxylic acids is 1. The Balaban J connectivity index is 1.76. The third-order valence-corrected chi connectivity index (χ3v) is 3.74.